The van der Waals surface area contributed by atoms with E-state index in [-0.39, 0.29) is 0 Å². The quantitative estimate of drug-likeness (QED) is 0.175. The molecule has 4 heterocycles. The molecule has 0 unspecified atom stereocenters. The summed E-state index contributed by atoms with van der Waals surface area (Å²) >= 11 is 0. The highest BCUT2D eigenvalue weighted by molar-refractivity contribution is 6.16. The van der Waals surface area contributed by atoms with E-state index < -0.39 is 0 Å². The highest BCUT2D eigenvalue weighted by Crippen LogP contribution is 2.40. The predicted molar refractivity (Wildman–Crippen MR) is 229 cm³/mol. The third kappa shape index (κ3) is 5.15. The Morgan fingerprint density at radius 2 is 0.754 bits per heavy atom. The maximum atomic E-state index is 6.32. The number of hydrogen-bond acceptors (Lipinski definition) is 6. The van der Waals surface area contributed by atoms with Crippen molar-refractivity contribution < 1.29 is 13.3 Å². The Morgan fingerprint density at radius 3 is 1.53 bits per heavy atom. The van der Waals surface area contributed by atoms with E-state index in [4.69, 9.17) is 28.2 Å². The van der Waals surface area contributed by atoms with Gasteiger partial charge in [0.1, 0.15) is 33.5 Å². The third-order valence-electron chi connectivity index (χ3n) is 10.9. The fourth-order valence-electron chi connectivity index (χ4n) is 8.19. The van der Waals surface area contributed by atoms with Gasteiger partial charge in [-0.15, -0.1) is 0 Å². The number of benzene rings is 8. The highest BCUT2D eigenvalue weighted by atomic mass is 16.3. The van der Waals surface area contributed by atoms with E-state index in [1.807, 2.05) is 84.9 Å². The van der Waals surface area contributed by atoms with Crippen LogP contribution in [-0.2, 0) is 0 Å². The van der Waals surface area contributed by atoms with Gasteiger partial charge in [0.05, 0.1) is 0 Å². The van der Waals surface area contributed by atoms with Crippen molar-refractivity contribution in [2.24, 2.45) is 0 Å². The van der Waals surface area contributed by atoms with Gasteiger partial charge in [-0.3, -0.25) is 0 Å². The standard InChI is InChI=1S/C51H29N3O3/c1-2-11-30(12-3-1)49-52-50(54-51(53-49)38-19-10-22-45-48(38)37-18-5-7-21-43(37)55-45)35-16-9-15-33(26-35)31-13-8-14-32(25-31)34-23-24-44-39(27-34)41-28-40-36-17-4-6-20-42(36)56-46(40)29-47(41)57-44/h1-29H. The first-order valence-corrected chi connectivity index (χ1v) is 18.9. The fraction of sp³-hybridized carbons (Fsp3) is 0. The van der Waals surface area contributed by atoms with Crippen LogP contribution in [0.25, 0.3) is 122 Å². The Kier molecular flexibility index (Phi) is 6.83. The Morgan fingerprint density at radius 1 is 0.263 bits per heavy atom. The second kappa shape index (κ2) is 12.3. The normalized spacial score (nSPS) is 11.9. The van der Waals surface area contributed by atoms with Crippen LogP contribution in [0, 0.1) is 0 Å². The summed E-state index contributed by atoms with van der Waals surface area (Å²) in [7, 11) is 0. The monoisotopic (exact) mass is 731 g/mol. The van der Waals surface area contributed by atoms with E-state index in [0.29, 0.717) is 17.5 Å². The minimum absolute atomic E-state index is 0.590. The number of furan rings is 3. The summed E-state index contributed by atoms with van der Waals surface area (Å²) < 4.78 is 18.7. The summed E-state index contributed by atoms with van der Waals surface area (Å²) in [5, 5.41) is 6.33. The lowest BCUT2D eigenvalue weighted by molar-refractivity contribution is 0.656. The average molecular weight is 732 g/mol. The largest absolute Gasteiger partial charge is 0.456 e. The van der Waals surface area contributed by atoms with Crippen molar-refractivity contribution in [1.82, 2.24) is 15.0 Å². The van der Waals surface area contributed by atoms with Crippen LogP contribution in [0.3, 0.4) is 0 Å². The van der Waals surface area contributed by atoms with E-state index in [9.17, 15) is 0 Å². The molecule has 0 saturated carbocycles. The average Bonchev–Trinajstić information content (AvgIpc) is 3.96. The summed E-state index contributed by atoms with van der Waals surface area (Å²) in [6, 6.07) is 60.0. The smallest absolute Gasteiger partial charge is 0.164 e. The molecule has 6 nitrogen and oxygen atoms in total. The van der Waals surface area contributed by atoms with Gasteiger partial charge >= 0.3 is 0 Å². The van der Waals surface area contributed by atoms with E-state index >= 15 is 0 Å². The first kappa shape index (κ1) is 31.5. The SMILES string of the molecule is c1ccc(-c2nc(-c3cccc(-c4cccc(-c5ccc6oc7cc8oc9ccccc9c8cc7c6c5)c4)c3)nc(-c3cccc4oc5ccccc5c34)n2)cc1. The molecular formula is C51H29N3O3. The van der Waals surface area contributed by atoms with Gasteiger partial charge in [0, 0.05) is 55.1 Å². The Labute approximate surface area is 325 Å². The molecule has 0 spiro atoms. The van der Waals surface area contributed by atoms with Crippen molar-refractivity contribution in [3.05, 3.63) is 176 Å². The molecule has 12 rings (SSSR count). The number of fused-ring (bicyclic) bond motifs is 9. The van der Waals surface area contributed by atoms with Crippen molar-refractivity contribution in [1.29, 1.82) is 0 Å². The molecule has 0 N–H and O–H groups in total. The Bertz CT molecular complexity index is 3540. The number of hydrogen-bond donors (Lipinski definition) is 0. The predicted octanol–water partition coefficient (Wildman–Crippen LogP) is 13.9. The summed E-state index contributed by atoms with van der Waals surface area (Å²) in [6.45, 7) is 0. The van der Waals surface area contributed by atoms with Crippen LogP contribution in [0.5, 0.6) is 0 Å². The molecule has 0 radical (unpaired) electrons. The van der Waals surface area contributed by atoms with Crippen LogP contribution >= 0.6 is 0 Å². The minimum Gasteiger partial charge on any atom is -0.456 e. The Hall–Kier alpha value is -7.83. The molecule has 12 aromatic rings. The van der Waals surface area contributed by atoms with Crippen molar-refractivity contribution in [3.63, 3.8) is 0 Å². The van der Waals surface area contributed by atoms with Crippen molar-refractivity contribution in [2.45, 2.75) is 0 Å². The van der Waals surface area contributed by atoms with E-state index in [1.54, 1.807) is 0 Å². The summed E-state index contributed by atoms with van der Waals surface area (Å²) in [4.78, 5) is 15.2. The molecule has 0 amide bonds. The van der Waals surface area contributed by atoms with Crippen LogP contribution < -0.4 is 0 Å². The minimum atomic E-state index is 0.590. The van der Waals surface area contributed by atoms with Crippen molar-refractivity contribution >= 4 is 65.8 Å². The lowest BCUT2D eigenvalue weighted by atomic mass is 9.97. The van der Waals surface area contributed by atoms with Gasteiger partial charge in [-0.25, -0.2) is 15.0 Å². The maximum absolute atomic E-state index is 6.32. The van der Waals surface area contributed by atoms with Gasteiger partial charge < -0.3 is 13.3 Å². The van der Waals surface area contributed by atoms with E-state index in [0.717, 1.165) is 105 Å². The molecule has 0 aliphatic rings. The summed E-state index contributed by atoms with van der Waals surface area (Å²) in [6.07, 6.45) is 0. The lowest BCUT2D eigenvalue weighted by Gasteiger charge is -2.11. The van der Waals surface area contributed by atoms with E-state index in [2.05, 4.69) is 91.0 Å². The molecule has 6 heteroatoms. The van der Waals surface area contributed by atoms with Crippen LogP contribution in [0.4, 0.5) is 0 Å². The van der Waals surface area contributed by atoms with Crippen LogP contribution in [-0.4, -0.2) is 15.0 Å². The molecule has 0 bridgehead atoms. The summed E-state index contributed by atoms with van der Waals surface area (Å²) in [5.74, 6) is 1.79. The molecule has 0 fully saturated rings. The van der Waals surface area contributed by atoms with E-state index in [1.165, 1.54) is 0 Å². The maximum Gasteiger partial charge on any atom is 0.164 e. The molecule has 0 atom stereocenters. The zero-order valence-electron chi connectivity index (χ0n) is 30.3. The summed E-state index contributed by atoms with van der Waals surface area (Å²) in [5.41, 5.74) is 12.1. The molecule has 0 aliphatic heterocycles. The molecule has 0 saturated heterocycles. The molecular weight excluding hydrogens is 703 g/mol. The number of aromatic nitrogens is 3. The molecule has 8 aromatic carbocycles. The molecule has 4 aromatic heterocycles. The van der Waals surface area contributed by atoms with Gasteiger partial charge in [-0.05, 0) is 70.8 Å². The Balaban J connectivity index is 0.958. The number of nitrogens with zero attached hydrogens (tertiary/aromatic N) is 3. The topological polar surface area (TPSA) is 78.1 Å². The fourth-order valence-corrected chi connectivity index (χ4v) is 8.19. The molecule has 0 aliphatic carbocycles. The number of para-hydroxylation sites is 2. The molecule has 57 heavy (non-hydrogen) atoms. The van der Waals surface area contributed by atoms with Gasteiger partial charge in [-0.1, -0.05) is 121 Å². The first-order chi connectivity index (χ1) is 28.2. The van der Waals surface area contributed by atoms with Crippen LogP contribution in [0.2, 0.25) is 0 Å². The zero-order valence-corrected chi connectivity index (χ0v) is 30.3. The zero-order chi connectivity index (χ0) is 37.5. The van der Waals surface area contributed by atoms with Crippen molar-refractivity contribution in [2.75, 3.05) is 0 Å². The second-order valence-electron chi connectivity index (χ2n) is 14.4. The highest BCUT2D eigenvalue weighted by Gasteiger charge is 2.19. The van der Waals surface area contributed by atoms with Crippen LogP contribution in [0.15, 0.2) is 189 Å². The van der Waals surface area contributed by atoms with Gasteiger partial charge in [0.2, 0.25) is 0 Å². The van der Waals surface area contributed by atoms with Crippen molar-refractivity contribution in [3.8, 4) is 56.4 Å². The molecule has 266 valence electrons. The number of rotatable bonds is 5. The lowest BCUT2D eigenvalue weighted by Crippen LogP contribution is -2.00. The van der Waals surface area contributed by atoms with Gasteiger partial charge in [0.15, 0.2) is 17.5 Å². The first-order valence-electron chi connectivity index (χ1n) is 18.9. The van der Waals surface area contributed by atoms with Gasteiger partial charge in [-0.2, -0.15) is 0 Å². The third-order valence-corrected chi connectivity index (χ3v) is 10.9. The van der Waals surface area contributed by atoms with Gasteiger partial charge in [0.25, 0.3) is 0 Å². The van der Waals surface area contributed by atoms with Crippen LogP contribution in [0.1, 0.15) is 0 Å². The second-order valence-corrected chi connectivity index (χ2v) is 14.4.